The molecule has 24 heavy (non-hydrogen) atoms. The summed E-state index contributed by atoms with van der Waals surface area (Å²) in [6, 6.07) is 8.57. The molecule has 0 spiro atoms. The van der Waals surface area contributed by atoms with Crippen LogP contribution in [-0.4, -0.2) is 56.4 Å². The molecule has 6 heteroatoms. The van der Waals surface area contributed by atoms with Gasteiger partial charge in [-0.3, -0.25) is 0 Å². The standard InChI is InChI=1S/C18H23N5O/c1-21-6-7-23(17-5-3-2-4-16(17)21)14-15-12-19-18(20-13-15)22-8-10-24-11-9-22/h2-5,12-13H,6-11,14H2,1H3. The summed E-state index contributed by atoms with van der Waals surface area (Å²) in [4.78, 5) is 16.0. The molecule has 2 aliphatic rings. The molecule has 3 heterocycles. The van der Waals surface area contributed by atoms with Crippen LogP contribution >= 0.6 is 0 Å². The van der Waals surface area contributed by atoms with Crippen molar-refractivity contribution in [3.8, 4) is 0 Å². The van der Waals surface area contributed by atoms with Gasteiger partial charge in [-0.05, 0) is 12.1 Å². The van der Waals surface area contributed by atoms with Crippen molar-refractivity contribution in [3.05, 3.63) is 42.2 Å². The normalized spacial score (nSPS) is 17.8. The molecule has 4 rings (SSSR count). The molecule has 1 fully saturated rings. The molecule has 0 N–H and O–H groups in total. The molecule has 0 aliphatic carbocycles. The maximum Gasteiger partial charge on any atom is 0.225 e. The largest absolute Gasteiger partial charge is 0.378 e. The molecular formula is C18H23N5O. The van der Waals surface area contributed by atoms with Gasteiger partial charge < -0.3 is 19.4 Å². The van der Waals surface area contributed by atoms with Gasteiger partial charge in [0.2, 0.25) is 5.95 Å². The lowest BCUT2D eigenvalue weighted by molar-refractivity contribution is 0.122. The Morgan fingerprint density at radius 2 is 1.67 bits per heavy atom. The first kappa shape index (κ1) is 15.2. The Balaban J connectivity index is 1.49. The fraction of sp³-hybridized carbons (Fsp3) is 0.444. The topological polar surface area (TPSA) is 44.7 Å². The molecule has 2 aliphatic heterocycles. The maximum atomic E-state index is 5.38. The zero-order chi connectivity index (χ0) is 16.4. The van der Waals surface area contributed by atoms with E-state index >= 15 is 0 Å². The van der Waals surface area contributed by atoms with Crippen molar-refractivity contribution in [2.24, 2.45) is 0 Å². The van der Waals surface area contributed by atoms with Crippen LogP contribution in [0.1, 0.15) is 5.56 Å². The third kappa shape index (κ3) is 3.01. The van der Waals surface area contributed by atoms with Crippen LogP contribution in [-0.2, 0) is 11.3 Å². The summed E-state index contributed by atoms with van der Waals surface area (Å²) in [7, 11) is 2.15. The molecular weight excluding hydrogens is 302 g/mol. The number of anilines is 3. The lowest BCUT2D eigenvalue weighted by Crippen LogP contribution is -2.39. The number of fused-ring (bicyclic) bond motifs is 1. The third-order valence-electron chi connectivity index (χ3n) is 4.70. The number of ether oxygens (including phenoxy) is 1. The van der Waals surface area contributed by atoms with Crippen LogP contribution in [0.3, 0.4) is 0 Å². The summed E-state index contributed by atoms with van der Waals surface area (Å²) >= 11 is 0. The fourth-order valence-electron chi connectivity index (χ4n) is 3.31. The van der Waals surface area contributed by atoms with E-state index in [4.69, 9.17) is 4.74 Å². The zero-order valence-corrected chi connectivity index (χ0v) is 14.1. The van der Waals surface area contributed by atoms with E-state index in [1.165, 1.54) is 11.4 Å². The van der Waals surface area contributed by atoms with E-state index in [-0.39, 0.29) is 0 Å². The lowest BCUT2D eigenvalue weighted by atomic mass is 10.1. The van der Waals surface area contributed by atoms with Gasteiger partial charge in [0.15, 0.2) is 0 Å². The van der Waals surface area contributed by atoms with E-state index in [0.29, 0.717) is 0 Å². The molecule has 0 unspecified atom stereocenters. The molecule has 0 saturated carbocycles. The molecule has 0 radical (unpaired) electrons. The van der Waals surface area contributed by atoms with Crippen LogP contribution in [0.5, 0.6) is 0 Å². The first-order chi connectivity index (χ1) is 11.8. The number of benzene rings is 1. The molecule has 1 saturated heterocycles. The van der Waals surface area contributed by atoms with Crippen LogP contribution in [0.25, 0.3) is 0 Å². The van der Waals surface area contributed by atoms with Crippen LogP contribution in [0.15, 0.2) is 36.7 Å². The van der Waals surface area contributed by atoms with Crippen molar-refractivity contribution in [1.82, 2.24) is 9.97 Å². The third-order valence-corrected chi connectivity index (χ3v) is 4.70. The number of aromatic nitrogens is 2. The number of nitrogens with zero attached hydrogens (tertiary/aromatic N) is 5. The summed E-state index contributed by atoms with van der Waals surface area (Å²) in [6.07, 6.45) is 3.91. The van der Waals surface area contributed by atoms with Crippen molar-refractivity contribution in [2.75, 3.05) is 61.1 Å². The molecule has 0 amide bonds. The van der Waals surface area contributed by atoms with Gasteiger partial charge in [-0.1, -0.05) is 12.1 Å². The summed E-state index contributed by atoms with van der Waals surface area (Å²) in [5.41, 5.74) is 3.71. The molecule has 0 bridgehead atoms. The van der Waals surface area contributed by atoms with Crippen LogP contribution in [0, 0.1) is 0 Å². The van der Waals surface area contributed by atoms with E-state index in [2.05, 4.69) is 56.0 Å². The lowest BCUT2D eigenvalue weighted by Gasteiger charge is -2.37. The van der Waals surface area contributed by atoms with E-state index in [0.717, 1.165) is 57.4 Å². The Morgan fingerprint density at radius 1 is 0.958 bits per heavy atom. The minimum absolute atomic E-state index is 0.753. The van der Waals surface area contributed by atoms with Gasteiger partial charge in [0.05, 0.1) is 24.6 Å². The number of morpholine rings is 1. The minimum atomic E-state index is 0.753. The molecule has 0 atom stereocenters. The van der Waals surface area contributed by atoms with Gasteiger partial charge in [0.1, 0.15) is 0 Å². The molecule has 1 aromatic heterocycles. The fourth-order valence-corrected chi connectivity index (χ4v) is 3.31. The predicted molar refractivity (Wildman–Crippen MR) is 95.8 cm³/mol. The van der Waals surface area contributed by atoms with Gasteiger partial charge in [-0.2, -0.15) is 0 Å². The Kier molecular flexibility index (Phi) is 4.21. The predicted octanol–water partition coefficient (Wildman–Crippen LogP) is 1.77. The number of rotatable bonds is 3. The summed E-state index contributed by atoms with van der Waals surface area (Å²) < 4.78 is 5.38. The van der Waals surface area contributed by atoms with Crippen molar-refractivity contribution in [1.29, 1.82) is 0 Å². The Morgan fingerprint density at radius 3 is 2.42 bits per heavy atom. The van der Waals surface area contributed by atoms with Gasteiger partial charge in [0.25, 0.3) is 0 Å². The monoisotopic (exact) mass is 325 g/mol. The van der Waals surface area contributed by atoms with E-state index < -0.39 is 0 Å². The summed E-state index contributed by atoms with van der Waals surface area (Å²) in [6.45, 7) is 6.12. The Labute approximate surface area is 142 Å². The Hall–Kier alpha value is -2.34. The highest BCUT2D eigenvalue weighted by Crippen LogP contribution is 2.32. The van der Waals surface area contributed by atoms with E-state index in [9.17, 15) is 0 Å². The van der Waals surface area contributed by atoms with Crippen molar-refractivity contribution in [2.45, 2.75) is 6.54 Å². The van der Waals surface area contributed by atoms with Crippen LogP contribution in [0.4, 0.5) is 17.3 Å². The van der Waals surface area contributed by atoms with Crippen molar-refractivity contribution >= 4 is 17.3 Å². The highest BCUT2D eigenvalue weighted by molar-refractivity contribution is 5.73. The molecule has 2 aromatic rings. The Bertz CT molecular complexity index is 684. The van der Waals surface area contributed by atoms with Gasteiger partial charge in [0, 0.05) is 57.7 Å². The average molecular weight is 325 g/mol. The highest BCUT2D eigenvalue weighted by Gasteiger charge is 2.20. The van der Waals surface area contributed by atoms with Crippen LogP contribution in [0.2, 0.25) is 0 Å². The van der Waals surface area contributed by atoms with Gasteiger partial charge in [-0.25, -0.2) is 9.97 Å². The number of hydrogen-bond donors (Lipinski definition) is 0. The first-order valence-corrected chi connectivity index (χ1v) is 8.50. The first-order valence-electron chi connectivity index (χ1n) is 8.50. The number of hydrogen-bond acceptors (Lipinski definition) is 6. The number of likely N-dealkylation sites (N-methyl/N-ethyl adjacent to an activating group) is 1. The quantitative estimate of drug-likeness (QED) is 0.857. The summed E-state index contributed by atoms with van der Waals surface area (Å²) in [5.74, 6) is 0.806. The van der Waals surface area contributed by atoms with E-state index in [1.807, 2.05) is 12.4 Å². The smallest absolute Gasteiger partial charge is 0.225 e. The molecule has 6 nitrogen and oxygen atoms in total. The molecule has 126 valence electrons. The zero-order valence-electron chi connectivity index (χ0n) is 14.1. The maximum absolute atomic E-state index is 5.38. The second-order valence-corrected chi connectivity index (χ2v) is 6.32. The summed E-state index contributed by atoms with van der Waals surface area (Å²) in [5, 5.41) is 0. The second-order valence-electron chi connectivity index (χ2n) is 6.32. The van der Waals surface area contributed by atoms with Gasteiger partial charge >= 0.3 is 0 Å². The minimum Gasteiger partial charge on any atom is -0.378 e. The second kappa shape index (κ2) is 6.65. The van der Waals surface area contributed by atoms with Crippen molar-refractivity contribution in [3.63, 3.8) is 0 Å². The van der Waals surface area contributed by atoms with Crippen molar-refractivity contribution < 1.29 is 4.74 Å². The SMILES string of the molecule is CN1CCN(Cc2cnc(N3CCOCC3)nc2)c2ccccc21. The van der Waals surface area contributed by atoms with E-state index in [1.54, 1.807) is 0 Å². The number of para-hydroxylation sites is 2. The average Bonchev–Trinajstić information content (AvgIpc) is 2.66. The molecule has 1 aromatic carbocycles. The van der Waals surface area contributed by atoms with Crippen LogP contribution < -0.4 is 14.7 Å². The highest BCUT2D eigenvalue weighted by atomic mass is 16.5. The van der Waals surface area contributed by atoms with Gasteiger partial charge in [-0.15, -0.1) is 0 Å².